The number of carbonyl (C=O) groups is 1. The average Bonchev–Trinajstić information content (AvgIpc) is 3.49. The first-order chi connectivity index (χ1) is 14.5. The van der Waals surface area contributed by atoms with Gasteiger partial charge in [-0.25, -0.2) is 0 Å². The number of fused-ring (bicyclic) bond motifs is 1. The van der Waals surface area contributed by atoms with Crippen LogP contribution in [0.3, 0.4) is 0 Å². The summed E-state index contributed by atoms with van der Waals surface area (Å²) in [5, 5.41) is 15.4. The summed E-state index contributed by atoms with van der Waals surface area (Å²) >= 11 is 5.84. The summed E-state index contributed by atoms with van der Waals surface area (Å²) in [5.41, 5.74) is 0.431. The molecule has 2 heterocycles. The normalized spacial score (nSPS) is 28.9. The Morgan fingerprint density at radius 1 is 1.30 bits per heavy atom. The van der Waals surface area contributed by atoms with Crippen LogP contribution in [0.1, 0.15) is 32.6 Å². The maximum atomic E-state index is 12.8. The Balaban J connectivity index is 1.34. The molecule has 162 valence electrons. The molecule has 1 N–H and O–H groups in total. The van der Waals surface area contributed by atoms with Gasteiger partial charge >= 0.3 is 0 Å². The van der Waals surface area contributed by atoms with E-state index in [1.807, 2.05) is 6.92 Å². The van der Waals surface area contributed by atoms with E-state index >= 15 is 0 Å². The highest BCUT2D eigenvalue weighted by atomic mass is 35.5. The summed E-state index contributed by atoms with van der Waals surface area (Å²) in [5.74, 6) is 0.632. The topological polar surface area (TPSA) is 89.9 Å². The van der Waals surface area contributed by atoms with E-state index in [1.54, 1.807) is 24.3 Å². The molecular formula is C22H26ClNO6. The second-order valence-electron chi connectivity index (χ2n) is 7.76. The molecule has 0 aromatic heterocycles. The Morgan fingerprint density at radius 2 is 2.10 bits per heavy atom. The largest absolute Gasteiger partial charge is 0.511 e. The van der Waals surface area contributed by atoms with Gasteiger partial charge in [0.15, 0.2) is 12.4 Å². The van der Waals surface area contributed by atoms with Crippen LogP contribution in [0.15, 0.2) is 40.8 Å². The molecule has 0 spiro atoms. The summed E-state index contributed by atoms with van der Waals surface area (Å²) in [7, 11) is 0. The Labute approximate surface area is 180 Å². The molecule has 3 atom stereocenters. The summed E-state index contributed by atoms with van der Waals surface area (Å²) < 4.78 is 16.9. The number of ketones is 1. The van der Waals surface area contributed by atoms with Gasteiger partial charge in [-0.05, 0) is 30.7 Å². The Kier molecular flexibility index (Phi) is 6.32. The van der Waals surface area contributed by atoms with Crippen LogP contribution in [-0.4, -0.2) is 54.7 Å². The van der Waals surface area contributed by atoms with E-state index in [4.69, 9.17) is 30.6 Å². The third-order valence-corrected chi connectivity index (χ3v) is 6.19. The number of hydrogen-bond donors (Lipinski definition) is 1. The molecule has 2 fully saturated rings. The lowest BCUT2D eigenvalue weighted by Crippen LogP contribution is -2.38. The second-order valence-corrected chi connectivity index (χ2v) is 8.20. The lowest BCUT2D eigenvalue weighted by Gasteiger charge is -2.30. The van der Waals surface area contributed by atoms with Crippen LogP contribution in [-0.2, 0) is 19.1 Å². The molecule has 0 amide bonds. The zero-order chi connectivity index (χ0) is 21.1. The van der Waals surface area contributed by atoms with Crippen molar-refractivity contribution in [2.24, 2.45) is 11.1 Å². The van der Waals surface area contributed by atoms with E-state index in [0.29, 0.717) is 55.6 Å². The fraction of sp³-hybridized carbons (Fsp3) is 0.545. The number of aliphatic hydroxyl groups excluding tert-OH is 1. The molecule has 3 aliphatic rings. The molecule has 1 aromatic carbocycles. The average molecular weight is 436 g/mol. The molecule has 3 unspecified atom stereocenters. The molecule has 0 bridgehead atoms. The van der Waals surface area contributed by atoms with Gasteiger partial charge in [-0.3, -0.25) is 4.79 Å². The van der Waals surface area contributed by atoms with Gasteiger partial charge in [-0.2, -0.15) is 0 Å². The summed E-state index contributed by atoms with van der Waals surface area (Å²) in [6.07, 6.45) is 2.04. The van der Waals surface area contributed by atoms with Crippen LogP contribution < -0.4 is 4.74 Å². The molecule has 2 aliphatic heterocycles. The summed E-state index contributed by atoms with van der Waals surface area (Å²) in [6, 6.07) is 7.04. The number of Topliss-reactive ketones (excluding diaryl/α,β-unsaturated/α-hetero) is 1. The van der Waals surface area contributed by atoms with Gasteiger partial charge in [0.25, 0.3) is 0 Å². The van der Waals surface area contributed by atoms with Crippen molar-refractivity contribution in [3.63, 3.8) is 0 Å². The number of hydrogen-bond acceptors (Lipinski definition) is 7. The molecule has 0 saturated carbocycles. The number of allylic oxidation sites excluding steroid dienone is 2. The van der Waals surface area contributed by atoms with Gasteiger partial charge in [0.05, 0.1) is 17.9 Å². The number of oxime groups is 1. The van der Waals surface area contributed by atoms with Crippen molar-refractivity contribution >= 4 is 23.1 Å². The SMILES string of the molecule is CC/C(=N\OCCOc1ccc(Cl)cc1)C1=C(O)CC(C23CCOCC2O3)CC1=O. The minimum atomic E-state index is -0.313. The number of rotatable bonds is 8. The number of aliphatic hydroxyl groups is 1. The predicted molar refractivity (Wildman–Crippen MR) is 111 cm³/mol. The maximum absolute atomic E-state index is 12.8. The summed E-state index contributed by atoms with van der Waals surface area (Å²) in [6.45, 7) is 3.59. The zero-order valence-electron chi connectivity index (χ0n) is 16.9. The standard InChI is InChI=1S/C22H26ClNO6/c1-2-17(24-29-10-9-28-16-5-3-15(23)4-6-16)21-18(25)11-14(12-19(21)26)22-7-8-27-13-20(22)30-22/h3-6,14,20,25H,2,7-13H2,1H3/b24-17+. The van der Waals surface area contributed by atoms with E-state index in [9.17, 15) is 9.90 Å². The number of nitrogens with zero attached hydrogens (tertiary/aromatic N) is 1. The first kappa shape index (κ1) is 21.2. The number of benzene rings is 1. The highest BCUT2D eigenvalue weighted by Gasteiger charge is 2.63. The van der Waals surface area contributed by atoms with E-state index in [1.165, 1.54) is 0 Å². The molecule has 7 nitrogen and oxygen atoms in total. The predicted octanol–water partition coefficient (Wildman–Crippen LogP) is 3.85. The van der Waals surface area contributed by atoms with Gasteiger partial charge in [-0.1, -0.05) is 23.7 Å². The van der Waals surface area contributed by atoms with Crippen LogP contribution in [0.2, 0.25) is 5.02 Å². The minimum absolute atomic E-state index is 0.0190. The monoisotopic (exact) mass is 435 g/mol. The van der Waals surface area contributed by atoms with Crippen molar-refractivity contribution in [3.8, 4) is 5.75 Å². The Bertz CT molecular complexity index is 852. The Hall–Kier alpha value is -2.09. The minimum Gasteiger partial charge on any atom is -0.511 e. The first-order valence-corrected chi connectivity index (χ1v) is 10.7. The van der Waals surface area contributed by atoms with Crippen LogP contribution >= 0.6 is 11.6 Å². The van der Waals surface area contributed by atoms with Crippen molar-refractivity contribution < 1.29 is 28.9 Å². The van der Waals surface area contributed by atoms with E-state index in [-0.39, 0.29) is 41.3 Å². The maximum Gasteiger partial charge on any atom is 0.168 e. The molecule has 1 aliphatic carbocycles. The van der Waals surface area contributed by atoms with Gasteiger partial charge in [0.2, 0.25) is 0 Å². The van der Waals surface area contributed by atoms with Gasteiger partial charge in [-0.15, -0.1) is 0 Å². The van der Waals surface area contributed by atoms with Crippen molar-refractivity contribution in [1.82, 2.24) is 0 Å². The van der Waals surface area contributed by atoms with Crippen LogP contribution in [0.5, 0.6) is 5.75 Å². The van der Waals surface area contributed by atoms with Crippen molar-refractivity contribution in [2.75, 3.05) is 26.4 Å². The zero-order valence-corrected chi connectivity index (χ0v) is 17.7. The molecule has 1 aromatic rings. The highest BCUT2D eigenvalue weighted by Crippen LogP contribution is 2.53. The van der Waals surface area contributed by atoms with Gasteiger partial charge in [0.1, 0.15) is 29.8 Å². The van der Waals surface area contributed by atoms with E-state index in [0.717, 1.165) is 6.42 Å². The third kappa shape index (κ3) is 4.33. The molecule has 4 rings (SSSR count). The van der Waals surface area contributed by atoms with Crippen LogP contribution in [0.4, 0.5) is 0 Å². The first-order valence-electron chi connectivity index (χ1n) is 10.3. The molecule has 0 radical (unpaired) electrons. The second kappa shape index (κ2) is 8.96. The van der Waals surface area contributed by atoms with Crippen molar-refractivity contribution in [1.29, 1.82) is 0 Å². The highest BCUT2D eigenvalue weighted by molar-refractivity contribution is 6.30. The summed E-state index contributed by atoms with van der Waals surface area (Å²) in [4.78, 5) is 18.2. The number of halogens is 1. The number of ether oxygens (including phenoxy) is 3. The number of carbonyl (C=O) groups excluding carboxylic acids is 1. The molecular weight excluding hydrogens is 410 g/mol. The number of epoxide rings is 1. The fourth-order valence-corrected chi connectivity index (χ4v) is 4.44. The van der Waals surface area contributed by atoms with Crippen LogP contribution in [0, 0.1) is 5.92 Å². The van der Waals surface area contributed by atoms with Crippen molar-refractivity contribution in [2.45, 2.75) is 44.3 Å². The fourth-order valence-electron chi connectivity index (χ4n) is 4.32. The Morgan fingerprint density at radius 3 is 2.80 bits per heavy atom. The lowest BCUT2D eigenvalue weighted by molar-refractivity contribution is -0.117. The van der Waals surface area contributed by atoms with Crippen molar-refractivity contribution in [3.05, 3.63) is 40.6 Å². The molecule has 8 heteroatoms. The van der Waals surface area contributed by atoms with E-state index in [2.05, 4.69) is 5.16 Å². The molecule has 2 saturated heterocycles. The van der Waals surface area contributed by atoms with Gasteiger partial charge in [0, 0.05) is 36.8 Å². The van der Waals surface area contributed by atoms with Gasteiger partial charge < -0.3 is 24.2 Å². The molecule has 30 heavy (non-hydrogen) atoms. The quantitative estimate of drug-likeness (QED) is 0.289. The van der Waals surface area contributed by atoms with Crippen LogP contribution in [0.25, 0.3) is 0 Å². The smallest absolute Gasteiger partial charge is 0.168 e. The third-order valence-electron chi connectivity index (χ3n) is 5.94. The van der Waals surface area contributed by atoms with E-state index < -0.39 is 0 Å². The lowest BCUT2D eigenvalue weighted by atomic mass is 9.74.